The summed E-state index contributed by atoms with van der Waals surface area (Å²) < 4.78 is 24.5. The number of benzene rings is 2. The summed E-state index contributed by atoms with van der Waals surface area (Å²) in [6, 6.07) is 8.06. The molecule has 2 aliphatic heterocycles. The van der Waals surface area contributed by atoms with Gasteiger partial charge in [0.2, 0.25) is 0 Å². The zero-order chi connectivity index (χ0) is 20.0. The van der Waals surface area contributed by atoms with E-state index in [1.54, 1.807) is 23.1 Å². The summed E-state index contributed by atoms with van der Waals surface area (Å²) in [7, 11) is 0. The summed E-state index contributed by atoms with van der Waals surface area (Å²) in [6.07, 6.45) is 4.66. The summed E-state index contributed by atoms with van der Waals surface area (Å²) in [5, 5.41) is 1.36. The number of hydrogen-bond donors (Lipinski definition) is 1. The van der Waals surface area contributed by atoms with E-state index >= 15 is 0 Å². The number of carbonyl (C=O) groups is 1. The summed E-state index contributed by atoms with van der Waals surface area (Å²) >= 11 is 6.27. The number of rotatable bonds is 2. The highest BCUT2D eigenvalue weighted by molar-refractivity contribution is 6.32. The first-order valence-corrected chi connectivity index (χ1v) is 9.82. The van der Waals surface area contributed by atoms with E-state index in [0.717, 1.165) is 22.0 Å². The van der Waals surface area contributed by atoms with Gasteiger partial charge in [0, 0.05) is 41.3 Å². The highest BCUT2D eigenvalue weighted by Gasteiger charge is 2.24. The lowest BCUT2D eigenvalue weighted by Crippen LogP contribution is -2.34. The van der Waals surface area contributed by atoms with Gasteiger partial charge in [-0.1, -0.05) is 17.7 Å². The van der Waals surface area contributed by atoms with Crippen molar-refractivity contribution >= 4 is 34.0 Å². The maximum absolute atomic E-state index is 13.4. The van der Waals surface area contributed by atoms with Crippen LogP contribution >= 0.6 is 11.6 Å². The molecule has 2 aromatic carbocycles. The zero-order valence-electron chi connectivity index (χ0n) is 15.5. The Morgan fingerprint density at radius 2 is 2.03 bits per heavy atom. The summed E-state index contributed by atoms with van der Waals surface area (Å²) in [5.74, 6) is 0.635. The van der Waals surface area contributed by atoms with Crippen molar-refractivity contribution in [1.82, 2.24) is 9.88 Å². The number of nitrogens with one attached hydrogen (secondary N) is 1. The minimum absolute atomic E-state index is 0.0971. The molecule has 0 saturated heterocycles. The number of nitrogens with zero attached hydrogens (tertiary/aromatic N) is 1. The average Bonchev–Trinajstić information content (AvgIpc) is 3.16. The van der Waals surface area contributed by atoms with Crippen molar-refractivity contribution in [3.63, 3.8) is 0 Å². The van der Waals surface area contributed by atoms with Crippen LogP contribution < -0.4 is 9.47 Å². The Balaban J connectivity index is 1.37. The molecule has 0 unspecified atom stereocenters. The minimum Gasteiger partial charge on any atom is -0.486 e. The molecule has 3 heterocycles. The number of amides is 1. The Morgan fingerprint density at radius 1 is 1.17 bits per heavy atom. The number of aromatic nitrogens is 1. The fourth-order valence-electron chi connectivity index (χ4n) is 3.88. The first kappa shape index (κ1) is 18.1. The number of halogens is 2. The molecule has 29 heavy (non-hydrogen) atoms. The summed E-state index contributed by atoms with van der Waals surface area (Å²) in [4.78, 5) is 17.9. The Bertz CT molecular complexity index is 1150. The average molecular weight is 413 g/mol. The minimum atomic E-state index is -0.265. The standard InChI is InChI=1S/C22H18ClFN2O3/c23-18-9-14(10-20-21(18)29-8-7-28-20)22(27)26-5-3-13(4-6-26)17-12-25-19-11-15(24)1-2-16(17)19/h1-3,9-12,25H,4-8H2. The fraction of sp³-hybridized carbons (Fsp3) is 0.227. The number of H-pyrrole nitrogens is 1. The Morgan fingerprint density at radius 3 is 2.86 bits per heavy atom. The molecule has 0 fully saturated rings. The Hall–Kier alpha value is -2.99. The van der Waals surface area contributed by atoms with Crippen LogP contribution in [0, 0.1) is 5.82 Å². The molecular formula is C22H18ClFN2O3. The molecule has 0 aliphatic carbocycles. The molecule has 148 valence electrons. The second-order valence-corrected chi connectivity index (χ2v) is 7.51. The van der Waals surface area contributed by atoms with Crippen LogP contribution in [0.2, 0.25) is 5.02 Å². The van der Waals surface area contributed by atoms with E-state index in [4.69, 9.17) is 21.1 Å². The molecule has 7 heteroatoms. The zero-order valence-corrected chi connectivity index (χ0v) is 16.3. The lowest BCUT2D eigenvalue weighted by atomic mass is 9.98. The molecule has 3 aromatic rings. The molecule has 0 bridgehead atoms. The largest absolute Gasteiger partial charge is 0.486 e. The SMILES string of the molecule is O=C(c1cc(Cl)c2c(c1)OCCO2)N1CC=C(c2c[nH]c3cc(F)ccc23)CC1. The van der Waals surface area contributed by atoms with Gasteiger partial charge in [-0.05, 0) is 42.3 Å². The van der Waals surface area contributed by atoms with Gasteiger partial charge < -0.3 is 19.4 Å². The number of hydrogen-bond acceptors (Lipinski definition) is 3. The fourth-order valence-corrected chi connectivity index (χ4v) is 4.14. The maximum atomic E-state index is 13.4. The molecule has 1 N–H and O–H groups in total. The molecule has 5 nitrogen and oxygen atoms in total. The van der Waals surface area contributed by atoms with Crippen LogP contribution in [0.5, 0.6) is 11.5 Å². The third-order valence-electron chi connectivity index (χ3n) is 5.33. The predicted molar refractivity (Wildman–Crippen MR) is 109 cm³/mol. The van der Waals surface area contributed by atoms with Crippen LogP contribution in [0.1, 0.15) is 22.3 Å². The monoisotopic (exact) mass is 412 g/mol. The van der Waals surface area contributed by atoms with Gasteiger partial charge in [-0.2, -0.15) is 0 Å². The van der Waals surface area contributed by atoms with Gasteiger partial charge in [0.25, 0.3) is 5.91 Å². The van der Waals surface area contributed by atoms with E-state index in [-0.39, 0.29) is 11.7 Å². The van der Waals surface area contributed by atoms with Crippen molar-refractivity contribution in [1.29, 1.82) is 0 Å². The van der Waals surface area contributed by atoms with Crippen molar-refractivity contribution in [3.8, 4) is 11.5 Å². The maximum Gasteiger partial charge on any atom is 0.254 e. The first-order valence-electron chi connectivity index (χ1n) is 9.44. The molecular weight excluding hydrogens is 395 g/mol. The summed E-state index contributed by atoms with van der Waals surface area (Å²) in [5.41, 5.74) is 3.45. The van der Waals surface area contributed by atoms with Crippen molar-refractivity contribution in [2.45, 2.75) is 6.42 Å². The number of carbonyl (C=O) groups excluding carboxylic acids is 1. The molecule has 5 rings (SSSR count). The molecule has 0 atom stereocenters. The Kier molecular flexibility index (Phi) is 4.43. The first-order chi connectivity index (χ1) is 14.1. The number of ether oxygens (including phenoxy) is 2. The van der Waals surface area contributed by atoms with Crippen LogP contribution in [0.3, 0.4) is 0 Å². The van der Waals surface area contributed by atoms with E-state index in [0.29, 0.717) is 54.8 Å². The highest BCUT2D eigenvalue weighted by Crippen LogP contribution is 2.39. The molecule has 1 amide bonds. The molecule has 1 aromatic heterocycles. The Labute approximate surface area is 171 Å². The topological polar surface area (TPSA) is 54.6 Å². The van der Waals surface area contributed by atoms with Gasteiger partial charge >= 0.3 is 0 Å². The molecule has 0 radical (unpaired) electrons. The number of fused-ring (bicyclic) bond motifs is 2. The van der Waals surface area contributed by atoms with Crippen molar-refractivity contribution in [2.75, 3.05) is 26.3 Å². The van der Waals surface area contributed by atoms with Gasteiger partial charge in [-0.25, -0.2) is 4.39 Å². The van der Waals surface area contributed by atoms with E-state index in [1.807, 2.05) is 12.3 Å². The third kappa shape index (κ3) is 3.23. The van der Waals surface area contributed by atoms with E-state index in [9.17, 15) is 9.18 Å². The third-order valence-corrected chi connectivity index (χ3v) is 5.61. The normalized spacial score (nSPS) is 16.1. The van der Waals surface area contributed by atoms with Crippen LogP contribution in [-0.4, -0.2) is 42.1 Å². The molecule has 0 saturated carbocycles. The highest BCUT2D eigenvalue weighted by atomic mass is 35.5. The second kappa shape index (κ2) is 7.12. The van der Waals surface area contributed by atoms with Crippen molar-refractivity contribution in [3.05, 3.63) is 64.6 Å². The van der Waals surface area contributed by atoms with Gasteiger partial charge in [-0.3, -0.25) is 4.79 Å². The van der Waals surface area contributed by atoms with Crippen molar-refractivity contribution < 1.29 is 18.7 Å². The van der Waals surface area contributed by atoms with Gasteiger partial charge in [0.05, 0.1) is 5.02 Å². The lowest BCUT2D eigenvalue weighted by molar-refractivity contribution is 0.0771. The van der Waals surface area contributed by atoms with E-state index < -0.39 is 0 Å². The lowest BCUT2D eigenvalue weighted by Gasteiger charge is -2.27. The molecule has 0 spiro atoms. The second-order valence-electron chi connectivity index (χ2n) is 7.11. The summed E-state index contributed by atoms with van der Waals surface area (Å²) in [6.45, 7) is 1.96. The van der Waals surface area contributed by atoms with Gasteiger partial charge in [-0.15, -0.1) is 0 Å². The van der Waals surface area contributed by atoms with Crippen molar-refractivity contribution in [2.24, 2.45) is 0 Å². The quantitative estimate of drug-likeness (QED) is 0.666. The van der Waals surface area contributed by atoms with Gasteiger partial charge in [0.1, 0.15) is 19.0 Å². The smallest absolute Gasteiger partial charge is 0.254 e. The van der Waals surface area contributed by atoms with Crippen LogP contribution in [-0.2, 0) is 0 Å². The van der Waals surface area contributed by atoms with E-state index in [1.165, 1.54) is 12.1 Å². The van der Waals surface area contributed by atoms with Crippen LogP contribution in [0.15, 0.2) is 42.6 Å². The predicted octanol–water partition coefficient (Wildman–Crippen LogP) is 4.66. The van der Waals surface area contributed by atoms with Crippen LogP contribution in [0.25, 0.3) is 16.5 Å². The van der Waals surface area contributed by atoms with Crippen LogP contribution in [0.4, 0.5) is 4.39 Å². The van der Waals surface area contributed by atoms with Gasteiger partial charge in [0.15, 0.2) is 11.5 Å². The van der Waals surface area contributed by atoms with E-state index in [2.05, 4.69) is 4.98 Å². The number of aromatic amines is 1. The molecule has 2 aliphatic rings.